The van der Waals surface area contributed by atoms with Crippen molar-refractivity contribution in [1.29, 1.82) is 0 Å². The van der Waals surface area contributed by atoms with E-state index in [0.29, 0.717) is 26.1 Å². The molecule has 3 rings (SSSR count). The number of hydrogen-bond acceptors (Lipinski definition) is 7. The van der Waals surface area contributed by atoms with E-state index >= 15 is 0 Å². The van der Waals surface area contributed by atoms with Gasteiger partial charge >= 0.3 is 5.97 Å². The maximum Gasteiger partial charge on any atom is 0.308 e. The van der Waals surface area contributed by atoms with Gasteiger partial charge in [-0.2, -0.15) is 0 Å². The van der Waals surface area contributed by atoms with Gasteiger partial charge in [0.15, 0.2) is 14.6 Å². The normalized spacial score (nSPS) is 22.1. The van der Waals surface area contributed by atoms with Crippen LogP contribution in [0.1, 0.15) is 78.2 Å². The first-order chi connectivity index (χ1) is 22.6. The molecule has 0 spiro atoms. The van der Waals surface area contributed by atoms with Gasteiger partial charge in [-0.05, 0) is 68.1 Å². The number of esters is 1. The third kappa shape index (κ3) is 11.0. The molecular weight excluding hydrogens is 621 g/mol. The van der Waals surface area contributed by atoms with Gasteiger partial charge in [0, 0.05) is 11.5 Å². The highest BCUT2D eigenvalue weighted by molar-refractivity contribution is 6.74. The molecule has 1 heterocycles. The van der Waals surface area contributed by atoms with Crippen LogP contribution in [-0.4, -0.2) is 51.9 Å². The zero-order valence-corrected chi connectivity index (χ0v) is 31.6. The van der Waals surface area contributed by atoms with Crippen LogP contribution in [0.3, 0.4) is 0 Å². The molecule has 8 heteroatoms. The van der Waals surface area contributed by atoms with Crippen molar-refractivity contribution in [2.75, 3.05) is 13.7 Å². The average molecular weight is 679 g/mol. The van der Waals surface area contributed by atoms with Crippen LogP contribution in [0.4, 0.5) is 0 Å². The second-order valence-corrected chi connectivity index (χ2v) is 19.3. The predicted molar refractivity (Wildman–Crippen MR) is 195 cm³/mol. The van der Waals surface area contributed by atoms with Gasteiger partial charge in [-0.1, -0.05) is 88.4 Å². The molecule has 0 N–H and O–H groups in total. The van der Waals surface area contributed by atoms with Gasteiger partial charge in [0.25, 0.3) is 0 Å². The lowest BCUT2D eigenvalue weighted by molar-refractivity contribution is -0.151. The summed E-state index contributed by atoms with van der Waals surface area (Å²) in [5.74, 6) is 0.417. The van der Waals surface area contributed by atoms with E-state index in [4.69, 9.17) is 28.1 Å². The van der Waals surface area contributed by atoms with Gasteiger partial charge in [-0.3, -0.25) is 4.79 Å². The van der Waals surface area contributed by atoms with Gasteiger partial charge in [0.05, 0.1) is 38.4 Å². The van der Waals surface area contributed by atoms with Gasteiger partial charge in [0.2, 0.25) is 0 Å². The molecule has 1 fully saturated rings. The Morgan fingerprint density at radius 2 is 1.75 bits per heavy atom. The zero-order chi connectivity index (χ0) is 35.5. The van der Waals surface area contributed by atoms with Crippen LogP contribution in [-0.2, 0) is 34.8 Å². The summed E-state index contributed by atoms with van der Waals surface area (Å²) in [5.41, 5.74) is 2.29. The molecule has 7 nitrogen and oxygen atoms in total. The van der Waals surface area contributed by atoms with Crippen molar-refractivity contribution in [3.8, 4) is 5.75 Å². The fraction of sp³-hybridized carbons (Fsp3) is 0.525. The molecule has 0 aliphatic carbocycles. The molecule has 0 aromatic heterocycles. The molecule has 2 aromatic rings. The second-order valence-electron chi connectivity index (χ2n) is 14.5. The van der Waals surface area contributed by atoms with Crippen LogP contribution < -0.4 is 4.74 Å². The molecule has 1 aliphatic rings. The molecule has 1 unspecified atom stereocenters. The molecule has 264 valence electrons. The van der Waals surface area contributed by atoms with E-state index < -0.39 is 26.3 Å². The Morgan fingerprint density at radius 1 is 1.08 bits per heavy atom. The van der Waals surface area contributed by atoms with Crippen LogP contribution in [0.25, 0.3) is 0 Å². The van der Waals surface area contributed by atoms with E-state index in [0.717, 1.165) is 22.4 Å². The maximum absolute atomic E-state index is 13.7. The fourth-order valence-electron chi connectivity index (χ4n) is 5.44. The summed E-state index contributed by atoms with van der Waals surface area (Å²) in [6, 6.07) is 17.7. The number of benzene rings is 2. The molecule has 48 heavy (non-hydrogen) atoms. The number of rotatable bonds is 18. The summed E-state index contributed by atoms with van der Waals surface area (Å²) in [7, 11) is -0.577. The largest absolute Gasteiger partial charge is 0.497 e. The smallest absolute Gasteiger partial charge is 0.308 e. The average Bonchev–Trinajstić information content (AvgIpc) is 3.40. The SMILES string of the molecule is C=C[C@@H]1O[C@H](c2ccccc2)O[C@]1(C)CCC(CC(=O)O[C@H](/C(C)=C/COCc1ccc(OC)cc1)[C@@H](C)C=C)O[Si](C)(C)C(C)(C)C. The first kappa shape index (κ1) is 39.4. The van der Waals surface area contributed by atoms with Crippen molar-refractivity contribution in [1.82, 2.24) is 0 Å². The first-order valence-corrected chi connectivity index (χ1v) is 19.9. The van der Waals surface area contributed by atoms with Crippen LogP contribution in [0.5, 0.6) is 5.75 Å². The highest BCUT2D eigenvalue weighted by atomic mass is 28.4. The number of methoxy groups -OCH3 is 1. The monoisotopic (exact) mass is 678 g/mol. The Kier molecular flexibility index (Phi) is 14.4. The molecular formula is C40H58O7Si. The summed E-state index contributed by atoms with van der Waals surface area (Å²) < 4.78 is 37.0. The lowest BCUT2D eigenvalue weighted by atomic mass is 9.91. The molecule has 6 atom stereocenters. The van der Waals surface area contributed by atoms with Gasteiger partial charge in [-0.15, -0.1) is 13.2 Å². The van der Waals surface area contributed by atoms with Crippen LogP contribution in [0, 0.1) is 5.92 Å². The maximum atomic E-state index is 13.7. The highest BCUT2D eigenvalue weighted by Crippen LogP contribution is 2.43. The predicted octanol–water partition coefficient (Wildman–Crippen LogP) is 9.51. The lowest BCUT2D eigenvalue weighted by Crippen LogP contribution is -2.45. The summed E-state index contributed by atoms with van der Waals surface area (Å²) in [5, 5.41) is -0.0287. The Morgan fingerprint density at radius 3 is 2.33 bits per heavy atom. The molecule has 0 bridgehead atoms. The van der Waals surface area contributed by atoms with Crippen LogP contribution in [0.2, 0.25) is 18.1 Å². The Bertz CT molecular complexity index is 1350. The molecule has 2 aromatic carbocycles. The number of carbonyl (C=O) groups is 1. The van der Waals surface area contributed by atoms with Gasteiger partial charge < -0.3 is 28.1 Å². The first-order valence-electron chi connectivity index (χ1n) is 17.0. The quantitative estimate of drug-likeness (QED) is 0.0673. The van der Waals surface area contributed by atoms with Crippen molar-refractivity contribution in [3.63, 3.8) is 0 Å². The molecule has 1 saturated heterocycles. The van der Waals surface area contributed by atoms with E-state index in [2.05, 4.69) is 53.9 Å². The second kappa shape index (κ2) is 17.6. The number of hydrogen-bond donors (Lipinski definition) is 0. The molecule has 1 aliphatic heterocycles. The van der Waals surface area contributed by atoms with E-state index in [1.807, 2.05) is 80.6 Å². The van der Waals surface area contributed by atoms with Crippen LogP contribution >= 0.6 is 0 Å². The summed E-state index contributed by atoms with van der Waals surface area (Å²) in [6.45, 7) is 25.9. The zero-order valence-electron chi connectivity index (χ0n) is 30.6. The summed E-state index contributed by atoms with van der Waals surface area (Å²) >= 11 is 0. The molecule has 0 radical (unpaired) electrons. The van der Waals surface area contributed by atoms with Crippen molar-refractivity contribution < 1.29 is 32.9 Å². The Labute approximate surface area is 290 Å². The van der Waals surface area contributed by atoms with E-state index in [-0.39, 0.29) is 35.6 Å². The van der Waals surface area contributed by atoms with Crippen molar-refractivity contribution in [3.05, 3.63) is 103 Å². The molecule has 0 amide bonds. The highest BCUT2D eigenvalue weighted by Gasteiger charge is 2.46. The minimum Gasteiger partial charge on any atom is -0.497 e. The summed E-state index contributed by atoms with van der Waals surface area (Å²) in [6.07, 6.45) is 5.34. The van der Waals surface area contributed by atoms with Crippen LogP contribution in [0.15, 0.2) is 91.6 Å². The van der Waals surface area contributed by atoms with E-state index in [1.165, 1.54) is 0 Å². The summed E-state index contributed by atoms with van der Waals surface area (Å²) in [4.78, 5) is 13.7. The third-order valence-corrected chi connectivity index (χ3v) is 14.2. The Hall–Kier alpha value is -3.01. The Balaban J connectivity index is 1.70. The van der Waals surface area contributed by atoms with Gasteiger partial charge in [-0.25, -0.2) is 0 Å². The lowest BCUT2D eigenvalue weighted by Gasteiger charge is -2.40. The van der Waals surface area contributed by atoms with Gasteiger partial charge in [0.1, 0.15) is 18.0 Å². The fourth-order valence-corrected chi connectivity index (χ4v) is 6.83. The standard InChI is InChI=1S/C40H58O7Si/c1-12-29(3)37(30(4)24-26-43-28-31-19-21-33(42-9)22-20-31)45-36(41)27-34(47-48(10,11)39(5,6)7)23-25-40(8)35(13-2)44-38(46-40)32-17-15-14-16-18-32/h12-22,24,29,34-35,37-38H,1-2,23,25-28H2,3-11H3/b30-24+/t29-,34?,35-,37-,38-,40+/m0/s1. The van der Waals surface area contributed by atoms with E-state index in [1.54, 1.807) is 13.2 Å². The molecule has 0 saturated carbocycles. The van der Waals surface area contributed by atoms with Crippen molar-refractivity contribution >= 4 is 14.3 Å². The number of carbonyl (C=O) groups excluding carboxylic acids is 1. The minimum atomic E-state index is -2.22. The number of ether oxygens (including phenoxy) is 5. The van der Waals surface area contributed by atoms with E-state index in [9.17, 15) is 4.79 Å². The third-order valence-electron chi connectivity index (χ3n) is 9.67. The minimum absolute atomic E-state index is 0.0287. The van der Waals surface area contributed by atoms with Crippen molar-refractivity contribution in [2.24, 2.45) is 5.92 Å². The topological polar surface area (TPSA) is 72.5 Å². The van der Waals surface area contributed by atoms with Crippen molar-refractivity contribution in [2.45, 2.75) is 116 Å².